The molecule has 8 heteroatoms. The third-order valence-electron chi connectivity index (χ3n) is 5.95. The van der Waals surface area contributed by atoms with E-state index in [-0.39, 0.29) is 17.6 Å². The van der Waals surface area contributed by atoms with Gasteiger partial charge in [0.25, 0.3) is 0 Å². The van der Waals surface area contributed by atoms with Crippen LogP contribution in [0.2, 0.25) is 0 Å². The first-order chi connectivity index (χ1) is 15.1. The van der Waals surface area contributed by atoms with Crippen molar-refractivity contribution < 1.29 is 39.5 Å². The van der Waals surface area contributed by atoms with Crippen molar-refractivity contribution in [3.05, 3.63) is 47.6 Å². The molecule has 1 saturated carbocycles. The van der Waals surface area contributed by atoms with Crippen LogP contribution in [0.3, 0.4) is 0 Å². The fourth-order valence-corrected chi connectivity index (χ4v) is 3.35. The number of hydrogen-bond acceptors (Lipinski definition) is 8. The lowest BCUT2D eigenvalue weighted by Crippen LogP contribution is -2.63. The summed E-state index contributed by atoms with van der Waals surface area (Å²) in [6.07, 6.45) is 0.547. The molecule has 0 bridgehead atoms. The van der Waals surface area contributed by atoms with Crippen molar-refractivity contribution in [1.29, 1.82) is 0 Å². The van der Waals surface area contributed by atoms with E-state index in [2.05, 4.69) is 6.58 Å². The minimum absolute atomic E-state index is 0.114. The highest BCUT2D eigenvalue weighted by Gasteiger charge is 2.54. The highest BCUT2D eigenvalue weighted by molar-refractivity contribution is 5.88. The van der Waals surface area contributed by atoms with Crippen molar-refractivity contribution in [2.75, 3.05) is 0 Å². The molecule has 1 aliphatic rings. The molecular formula is C25H38O8. The Kier molecular flexibility index (Phi) is 9.80. The Morgan fingerprint density at radius 1 is 1.12 bits per heavy atom. The number of ether oxygens (including phenoxy) is 2. The zero-order valence-corrected chi connectivity index (χ0v) is 20.5. The lowest BCUT2D eigenvalue weighted by Gasteiger charge is -2.47. The Balaban J connectivity index is 3.33. The van der Waals surface area contributed by atoms with E-state index in [1.165, 1.54) is 45.9 Å². The SMILES string of the molecule is C=C(C(C=CC(C)(C)O)OC(=O)C(C)=CC)C1CC(O)C(C)(O)C(OC(=O)C(C)=CC)C1O. The smallest absolute Gasteiger partial charge is 0.334 e. The molecule has 6 unspecified atom stereocenters. The van der Waals surface area contributed by atoms with Crippen molar-refractivity contribution in [2.24, 2.45) is 5.92 Å². The quantitative estimate of drug-likeness (QED) is 0.243. The normalized spacial score (nSPS) is 30.2. The van der Waals surface area contributed by atoms with E-state index in [0.29, 0.717) is 5.57 Å². The molecule has 0 aromatic heterocycles. The molecule has 1 rings (SSSR count). The second kappa shape index (κ2) is 11.2. The van der Waals surface area contributed by atoms with Crippen molar-refractivity contribution in [3.63, 3.8) is 0 Å². The van der Waals surface area contributed by atoms with E-state index < -0.39 is 53.5 Å². The van der Waals surface area contributed by atoms with Crippen LogP contribution < -0.4 is 0 Å². The molecule has 0 heterocycles. The third-order valence-corrected chi connectivity index (χ3v) is 5.95. The largest absolute Gasteiger partial charge is 0.453 e. The van der Waals surface area contributed by atoms with E-state index in [1.54, 1.807) is 26.8 Å². The van der Waals surface area contributed by atoms with Crippen LogP contribution in [-0.2, 0) is 19.1 Å². The molecule has 0 radical (unpaired) electrons. The van der Waals surface area contributed by atoms with Crippen LogP contribution in [0.25, 0.3) is 0 Å². The summed E-state index contributed by atoms with van der Waals surface area (Å²) in [5.74, 6) is -2.25. The number of rotatable bonds is 8. The van der Waals surface area contributed by atoms with Gasteiger partial charge < -0.3 is 29.9 Å². The molecule has 6 atom stereocenters. The Labute approximate surface area is 195 Å². The van der Waals surface area contributed by atoms with E-state index in [4.69, 9.17) is 9.47 Å². The van der Waals surface area contributed by atoms with E-state index in [1.807, 2.05) is 0 Å². The van der Waals surface area contributed by atoms with Gasteiger partial charge in [0.15, 0.2) is 6.10 Å². The van der Waals surface area contributed by atoms with Crippen LogP contribution >= 0.6 is 0 Å². The van der Waals surface area contributed by atoms with Crippen LogP contribution in [0.5, 0.6) is 0 Å². The van der Waals surface area contributed by atoms with Gasteiger partial charge in [-0.05, 0) is 66.5 Å². The van der Waals surface area contributed by atoms with Crippen LogP contribution in [0, 0.1) is 5.92 Å². The predicted molar refractivity (Wildman–Crippen MR) is 124 cm³/mol. The van der Waals surface area contributed by atoms with Gasteiger partial charge in [-0.25, -0.2) is 9.59 Å². The average molecular weight is 467 g/mol. The standard InChI is InChI=1S/C25H38O8/c1-9-14(3)22(28)32-18(11-12-24(6,7)30)16(5)17-13-19(26)25(8,31)21(20(17)27)33-23(29)15(4)10-2/h9-12,17-21,26-27,30-31H,5,13H2,1-4,6-8H3. The van der Waals surface area contributed by atoms with Gasteiger partial charge in [-0.3, -0.25) is 0 Å². The summed E-state index contributed by atoms with van der Waals surface area (Å²) in [7, 11) is 0. The van der Waals surface area contributed by atoms with Crippen molar-refractivity contribution in [3.8, 4) is 0 Å². The fraction of sp³-hybridized carbons (Fsp3) is 0.600. The fourth-order valence-electron chi connectivity index (χ4n) is 3.35. The maximum Gasteiger partial charge on any atom is 0.334 e. The van der Waals surface area contributed by atoms with Gasteiger partial charge in [0, 0.05) is 17.1 Å². The summed E-state index contributed by atoms with van der Waals surface area (Å²) in [4.78, 5) is 24.7. The Morgan fingerprint density at radius 3 is 2.12 bits per heavy atom. The summed E-state index contributed by atoms with van der Waals surface area (Å²) in [5, 5.41) is 42.6. The molecule has 1 aliphatic carbocycles. The number of carbonyl (C=O) groups is 2. The number of esters is 2. The molecule has 1 fully saturated rings. The van der Waals surface area contributed by atoms with Crippen LogP contribution in [0.1, 0.15) is 54.9 Å². The number of allylic oxidation sites excluding steroid dienone is 2. The molecule has 0 amide bonds. The van der Waals surface area contributed by atoms with E-state index in [0.717, 1.165) is 0 Å². The summed E-state index contributed by atoms with van der Waals surface area (Å²) in [6.45, 7) is 14.8. The molecule has 4 N–H and O–H groups in total. The minimum Gasteiger partial charge on any atom is -0.453 e. The van der Waals surface area contributed by atoms with Crippen molar-refractivity contribution in [1.82, 2.24) is 0 Å². The molecule has 8 nitrogen and oxygen atoms in total. The average Bonchev–Trinajstić information content (AvgIpc) is 2.73. The van der Waals surface area contributed by atoms with Crippen LogP contribution in [0.4, 0.5) is 0 Å². The van der Waals surface area contributed by atoms with Gasteiger partial charge in [-0.1, -0.05) is 24.8 Å². The highest BCUT2D eigenvalue weighted by atomic mass is 16.6. The first-order valence-electron chi connectivity index (χ1n) is 10.9. The molecule has 0 spiro atoms. The molecule has 0 aliphatic heterocycles. The minimum atomic E-state index is -1.92. The Morgan fingerprint density at radius 2 is 1.64 bits per heavy atom. The Bertz CT molecular complexity index is 828. The first-order valence-corrected chi connectivity index (χ1v) is 10.9. The molecule has 33 heavy (non-hydrogen) atoms. The number of carbonyl (C=O) groups excluding carboxylic acids is 2. The second-order valence-corrected chi connectivity index (χ2v) is 9.26. The monoisotopic (exact) mass is 466 g/mol. The number of aliphatic hydroxyl groups is 4. The predicted octanol–water partition coefficient (Wildman–Crippen LogP) is 2.12. The van der Waals surface area contributed by atoms with Gasteiger partial charge in [0.2, 0.25) is 0 Å². The van der Waals surface area contributed by atoms with Crippen LogP contribution in [0.15, 0.2) is 47.6 Å². The molecule has 0 aromatic rings. The Hall–Kier alpha value is -2.26. The van der Waals surface area contributed by atoms with Crippen LogP contribution in [-0.4, -0.2) is 68.0 Å². The number of aliphatic hydroxyl groups excluding tert-OH is 2. The van der Waals surface area contributed by atoms with Gasteiger partial charge in [-0.2, -0.15) is 0 Å². The van der Waals surface area contributed by atoms with Gasteiger partial charge in [0.05, 0.1) is 11.7 Å². The van der Waals surface area contributed by atoms with E-state index in [9.17, 15) is 30.0 Å². The van der Waals surface area contributed by atoms with Crippen molar-refractivity contribution >= 4 is 11.9 Å². The lowest BCUT2D eigenvalue weighted by atomic mass is 9.70. The summed E-state index contributed by atoms with van der Waals surface area (Å²) in [6, 6.07) is 0. The zero-order chi connectivity index (χ0) is 25.7. The lowest BCUT2D eigenvalue weighted by molar-refractivity contribution is -0.221. The van der Waals surface area contributed by atoms with Gasteiger partial charge >= 0.3 is 11.9 Å². The molecule has 186 valence electrons. The highest BCUT2D eigenvalue weighted by Crippen LogP contribution is 2.39. The van der Waals surface area contributed by atoms with Gasteiger partial charge in [0.1, 0.15) is 17.8 Å². The summed E-state index contributed by atoms with van der Waals surface area (Å²) < 4.78 is 10.9. The summed E-state index contributed by atoms with van der Waals surface area (Å²) in [5.41, 5.74) is -2.29. The van der Waals surface area contributed by atoms with Crippen molar-refractivity contribution in [2.45, 2.75) is 90.5 Å². The maximum atomic E-state index is 12.4. The topological polar surface area (TPSA) is 134 Å². The third kappa shape index (κ3) is 7.37. The van der Waals surface area contributed by atoms with Gasteiger partial charge in [-0.15, -0.1) is 0 Å². The molecular weight excluding hydrogens is 428 g/mol. The second-order valence-electron chi connectivity index (χ2n) is 9.26. The zero-order valence-electron chi connectivity index (χ0n) is 20.5. The first kappa shape index (κ1) is 28.8. The maximum absolute atomic E-state index is 12.4. The molecule has 0 saturated heterocycles. The number of hydrogen-bond donors (Lipinski definition) is 4. The van der Waals surface area contributed by atoms with E-state index >= 15 is 0 Å². The molecule has 0 aromatic carbocycles. The summed E-state index contributed by atoms with van der Waals surface area (Å²) >= 11 is 0.